The molecular weight excluding hydrogens is 270 g/mol. The second-order valence-electron chi connectivity index (χ2n) is 3.77. The van der Waals surface area contributed by atoms with Gasteiger partial charge in [-0.2, -0.15) is 0 Å². The lowest BCUT2D eigenvalue weighted by atomic mass is 10.1. The van der Waals surface area contributed by atoms with E-state index in [1.165, 1.54) is 19.3 Å². The van der Waals surface area contributed by atoms with Crippen LogP contribution in [0.1, 0.15) is 51.4 Å². The second-order valence-corrected chi connectivity index (χ2v) is 6.29. The van der Waals surface area contributed by atoms with Crippen molar-refractivity contribution in [2.75, 3.05) is 6.61 Å². The molecule has 1 radical (unpaired) electrons. The highest BCUT2D eigenvalue weighted by Crippen LogP contribution is 2.32. The zero-order valence-electron chi connectivity index (χ0n) is 9.31. The van der Waals surface area contributed by atoms with E-state index in [9.17, 15) is 4.79 Å². The zero-order chi connectivity index (χ0) is 12.3. The van der Waals surface area contributed by atoms with Crippen LogP contribution in [0.25, 0.3) is 0 Å². The summed E-state index contributed by atoms with van der Waals surface area (Å²) in [7, 11) is 0. The smallest absolute Gasteiger partial charge is 0.417 e. The largest absolute Gasteiger partial charge is 0.457 e. The van der Waals surface area contributed by atoms with E-state index < -0.39 is 3.79 Å². The number of hydrogen-bond acceptors (Lipinski definition) is 2. The Balaban J connectivity index is 3.01. The third-order valence-electron chi connectivity index (χ3n) is 2.27. The van der Waals surface area contributed by atoms with Crippen molar-refractivity contribution in [3.63, 3.8) is 0 Å². The van der Waals surface area contributed by atoms with Crippen LogP contribution in [0.15, 0.2) is 0 Å². The van der Waals surface area contributed by atoms with Gasteiger partial charge >= 0.3 is 6.47 Å². The van der Waals surface area contributed by atoms with Gasteiger partial charge in [-0.15, -0.1) is 0 Å². The first-order chi connectivity index (χ1) is 7.56. The van der Waals surface area contributed by atoms with Crippen LogP contribution in [0.4, 0.5) is 0 Å². The number of hydrogen-bond donors (Lipinski definition) is 0. The third-order valence-corrected chi connectivity index (χ3v) is 2.83. The summed E-state index contributed by atoms with van der Waals surface area (Å²) in [6, 6.07) is 0. The number of halogens is 3. The molecule has 0 aromatic rings. The van der Waals surface area contributed by atoms with Gasteiger partial charge in [0.1, 0.15) is 0 Å². The first-order valence-corrected chi connectivity index (χ1v) is 6.75. The van der Waals surface area contributed by atoms with Crippen molar-refractivity contribution in [3.8, 4) is 0 Å². The predicted octanol–water partition coefficient (Wildman–Crippen LogP) is 4.56. The molecule has 0 saturated heterocycles. The number of rotatable bonds is 10. The Morgan fingerprint density at radius 3 is 1.88 bits per heavy atom. The first-order valence-electron chi connectivity index (χ1n) is 5.62. The molecule has 0 amide bonds. The van der Waals surface area contributed by atoms with Gasteiger partial charge in [0.05, 0.1) is 6.61 Å². The SMILES string of the molecule is O=[C]OCCCCCCCCCC(Cl)(Cl)Cl. The fourth-order valence-electron chi connectivity index (χ4n) is 1.43. The Hall–Kier alpha value is 0.340. The maximum Gasteiger partial charge on any atom is 0.417 e. The summed E-state index contributed by atoms with van der Waals surface area (Å²) in [5, 5.41) is 0. The number of unbranched alkanes of at least 4 members (excludes halogenated alkanes) is 6. The van der Waals surface area contributed by atoms with E-state index in [0.29, 0.717) is 13.0 Å². The van der Waals surface area contributed by atoms with Gasteiger partial charge < -0.3 is 4.74 Å². The van der Waals surface area contributed by atoms with E-state index in [1.54, 1.807) is 0 Å². The highest BCUT2D eigenvalue weighted by Gasteiger charge is 2.17. The average molecular weight is 289 g/mol. The van der Waals surface area contributed by atoms with Crippen molar-refractivity contribution in [3.05, 3.63) is 0 Å². The number of carbonyl (C=O) groups excluding carboxylic acids is 1. The zero-order valence-corrected chi connectivity index (χ0v) is 11.6. The van der Waals surface area contributed by atoms with Gasteiger partial charge in [0, 0.05) is 0 Å². The second kappa shape index (κ2) is 10.5. The van der Waals surface area contributed by atoms with Crippen LogP contribution in [-0.4, -0.2) is 16.9 Å². The molecule has 0 rings (SSSR count). The summed E-state index contributed by atoms with van der Waals surface area (Å²) in [4.78, 5) is 9.71. The van der Waals surface area contributed by atoms with Gasteiger partial charge in [0.25, 0.3) is 0 Å². The van der Waals surface area contributed by atoms with Crippen molar-refractivity contribution in [1.29, 1.82) is 0 Å². The molecule has 0 spiro atoms. The summed E-state index contributed by atoms with van der Waals surface area (Å²) in [5.74, 6) is 0. The molecule has 0 aliphatic carbocycles. The number of ether oxygens (including phenoxy) is 1. The van der Waals surface area contributed by atoms with E-state index in [0.717, 1.165) is 32.1 Å². The molecule has 5 heteroatoms. The Bertz CT molecular complexity index is 169. The predicted molar refractivity (Wildman–Crippen MR) is 68.9 cm³/mol. The Kier molecular flexibility index (Phi) is 10.7. The van der Waals surface area contributed by atoms with Crippen molar-refractivity contribution in [2.45, 2.75) is 55.2 Å². The molecule has 0 aromatic heterocycles. The Labute approximate surface area is 113 Å². The number of alkyl halides is 3. The van der Waals surface area contributed by atoms with Gasteiger partial charge in [0.15, 0.2) is 3.79 Å². The van der Waals surface area contributed by atoms with Crippen LogP contribution in [-0.2, 0) is 9.53 Å². The fourth-order valence-corrected chi connectivity index (χ4v) is 1.83. The fraction of sp³-hybridized carbons (Fsp3) is 0.909. The summed E-state index contributed by atoms with van der Waals surface area (Å²) >= 11 is 16.9. The molecule has 0 saturated carbocycles. The molecular formula is C11H18Cl3O2. The minimum atomic E-state index is -1.09. The van der Waals surface area contributed by atoms with Crippen LogP contribution in [0, 0.1) is 0 Å². The molecule has 0 N–H and O–H groups in total. The summed E-state index contributed by atoms with van der Waals surface area (Å²) in [6.07, 6.45) is 8.21. The van der Waals surface area contributed by atoms with Crippen LogP contribution >= 0.6 is 34.8 Å². The van der Waals surface area contributed by atoms with Gasteiger partial charge in [-0.3, -0.25) is 0 Å². The van der Waals surface area contributed by atoms with E-state index in [4.69, 9.17) is 34.8 Å². The minimum Gasteiger partial charge on any atom is -0.457 e. The maximum absolute atomic E-state index is 9.71. The topological polar surface area (TPSA) is 26.3 Å². The average Bonchev–Trinajstić information content (AvgIpc) is 2.19. The van der Waals surface area contributed by atoms with E-state index in [-0.39, 0.29) is 0 Å². The van der Waals surface area contributed by atoms with Crippen molar-refractivity contribution in [1.82, 2.24) is 0 Å². The lowest BCUT2D eigenvalue weighted by molar-refractivity contribution is 0.268. The van der Waals surface area contributed by atoms with Gasteiger partial charge in [-0.1, -0.05) is 66.9 Å². The van der Waals surface area contributed by atoms with Crippen LogP contribution in [0.5, 0.6) is 0 Å². The Morgan fingerprint density at radius 2 is 1.38 bits per heavy atom. The van der Waals surface area contributed by atoms with E-state index in [1.807, 2.05) is 0 Å². The molecule has 0 aliphatic heterocycles. The molecule has 0 unspecified atom stereocenters. The van der Waals surface area contributed by atoms with Gasteiger partial charge in [-0.25, -0.2) is 4.79 Å². The van der Waals surface area contributed by atoms with Crippen LogP contribution in [0.3, 0.4) is 0 Å². The van der Waals surface area contributed by atoms with E-state index >= 15 is 0 Å². The lowest BCUT2D eigenvalue weighted by Gasteiger charge is -2.09. The molecule has 0 bridgehead atoms. The molecule has 0 fully saturated rings. The maximum atomic E-state index is 9.71. The minimum absolute atomic E-state index is 0.483. The van der Waals surface area contributed by atoms with Gasteiger partial charge in [0.2, 0.25) is 0 Å². The van der Waals surface area contributed by atoms with Crippen molar-refractivity contribution < 1.29 is 9.53 Å². The normalized spacial score (nSPS) is 11.4. The van der Waals surface area contributed by atoms with E-state index in [2.05, 4.69) is 4.74 Å². The summed E-state index contributed by atoms with van der Waals surface area (Å²) in [6.45, 7) is 1.90. The highest BCUT2D eigenvalue weighted by atomic mass is 35.6. The lowest BCUT2D eigenvalue weighted by Crippen LogP contribution is -2.00. The van der Waals surface area contributed by atoms with Crippen molar-refractivity contribution >= 4 is 41.3 Å². The Morgan fingerprint density at radius 1 is 0.875 bits per heavy atom. The molecule has 0 aromatic carbocycles. The summed E-state index contributed by atoms with van der Waals surface area (Å²) in [5.41, 5.74) is 0. The molecule has 16 heavy (non-hydrogen) atoms. The summed E-state index contributed by atoms with van der Waals surface area (Å²) < 4.78 is 3.37. The molecule has 0 aliphatic rings. The van der Waals surface area contributed by atoms with Crippen molar-refractivity contribution in [2.24, 2.45) is 0 Å². The molecule has 0 atom stereocenters. The van der Waals surface area contributed by atoms with Crippen LogP contribution < -0.4 is 0 Å². The monoisotopic (exact) mass is 287 g/mol. The highest BCUT2D eigenvalue weighted by molar-refractivity contribution is 6.67. The molecule has 95 valence electrons. The third kappa shape index (κ3) is 14.3. The molecule has 2 nitrogen and oxygen atoms in total. The van der Waals surface area contributed by atoms with Crippen LogP contribution in [0.2, 0.25) is 0 Å². The van der Waals surface area contributed by atoms with Gasteiger partial charge in [-0.05, 0) is 19.3 Å². The standard InChI is InChI=1S/C11H18Cl3O2/c12-11(13,14)8-6-4-2-1-3-5-7-9-16-10-15/h1-9H2. The molecule has 0 heterocycles. The quantitative estimate of drug-likeness (QED) is 0.435. The first kappa shape index (κ1) is 16.3.